The van der Waals surface area contributed by atoms with Crippen molar-refractivity contribution >= 4 is 24.6 Å². The van der Waals surface area contributed by atoms with Gasteiger partial charge < -0.3 is 20.7 Å². The number of nitrogens with two attached hydrogens (primary N) is 1. The Morgan fingerprint density at radius 2 is 2.08 bits per heavy atom. The number of rotatable bonds is 3. The maximum Gasteiger partial charge on any atom is 0.475 e. The van der Waals surface area contributed by atoms with Crippen LogP contribution in [-0.4, -0.2) is 51.4 Å². The van der Waals surface area contributed by atoms with Crippen LogP contribution in [0, 0.1) is 17.3 Å². The van der Waals surface area contributed by atoms with Crippen LogP contribution in [0.15, 0.2) is 0 Å². The first-order chi connectivity index (χ1) is 11.1. The van der Waals surface area contributed by atoms with E-state index in [-0.39, 0.29) is 16.2 Å². The van der Waals surface area contributed by atoms with E-state index in [1.54, 1.807) is 4.90 Å². The molecule has 1 amide bonds. The Morgan fingerprint density at radius 1 is 1.38 bits per heavy atom. The summed E-state index contributed by atoms with van der Waals surface area (Å²) in [5, 5.41) is 19.1. The van der Waals surface area contributed by atoms with Crippen molar-refractivity contribution in [2.45, 2.75) is 75.7 Å². The first kappa shape index (κ1) is 18.5. The van der Waals surface area contributed by atoms with Gasteiger partial charge in [-0.1, -0.05) is 6.92 Å². The molecule has 0 aromatic heterocycles. The lowest BCUT2D eigenvalue weighted by atomic mass is 9.54. The summed E-state index contributed by atoms with van der Waals surface area (Å²) in [5.41, 5.74) is 6.28. The Morgan fingerprint density at radius 3 is 2.75 bits per heavy atom. The van der Waals surface area contributed by atoms with Crippen molar-refractivity contribution in [3.05, 3.63) is 0 Å². The summed E-state index contributed by atoms with van der Waals surface area (Å²) in [6.45, 7) is 4.87. The molecule has 0 aromatic rings. The van der Waals surface area contributed by atoms with Gasteiger partial charge in [-0.2, -0.15) is 0 Å². The van der Waals surface area contributed by atoms with Crippen LogP contribution in [0.2, 0.25) is 0 Å². The third kappa shape index (κ3) is 3.35. The highest BCUT2D eigenvalue weighted by molar-refractivity contribution is 6.43. The number of carbonyl (C=O) groups excluding carboxylic acids is 1. The van der Waals surface area contributed by atoms with Crippen LogP contribution >= 0.6 is 11.6 Å². The van der Waals surface area contributed by atoms with E-state index in [9.17, 15) is 14.8 Å². The molecule has 1 heterocycles. The van der Waals surface area contributed by atoms with Crippen LogP contribution in [0.5, 0.6) is 0 Å². The Kier molecular flexibility index (Phi) is 4.97. The Balaban J connectivity index is 1.83. The average molecular weight is 357 g/mol. The van der Waals surface area contributed by atoms with Crippen LogP contribution in [-0.2, 0) is 4.79 Å². The zero-order valence-corrected chi connectivity index (χ0v) is 15.5. The van der Waals surface area contributed by atoms with E-state index in [1.807, 2.05) is 0 Å². The van der Waals surface area contributed by atoms with E-state index < -0.39 is 19.1 Å². The summed E-state index contributed by atoms with van der Waals surface area (Å²) >= 11 is 6.74. The van der Waals surface area contributed by atoms with E-state index in [0.29, 0.717) is 24.8 Å². The van der Waals surface area contributed by atoms with Gasteiger partial charge in [-0.25, -0.2) is 0 Å². The van der Waals surface area contributed by atoms with Crippen molar-refractivity contribution in [1.29, 1.82) is 0 Å². The molecule has 7 heteroatoms. The van der Waals surface area contributed by atoms with E-state index in [4.69, 9.17) is 17.3 Å². The van der Waals surface area contributed by atoms with Crippen molar-refractivity contribution in [2.24, 2.45) is 23.0 Å². The van der Waals surface area contributed by atoms with E-state index in [0.717, 1.165) is 38.5 Å². The largest absolute Gasteiger partial charge is 0.475 e. The van der Waals surface area contributed by atoms with Crippen LogP contribution in [0.25, 0.3) is 0 Å². The zero-order valence-electron chi connectivity index (χ0n) is 14.7. The minimum atomic E-state index is -1.50. The molecule has 4 N–H and O–H groups in total. The lowest BCUT2D eigenvalue weighted by Gasteiger charge is -2.55. The molecule has 0 radical (unpaired) electrons. The third-order valence-electron chi connectivity index (χ3n) is 6.47. The smallest absolute Gasteiger partial charge is 0.426 e. The summed E-state index contributed by atoms with van der Waals surface area (Å²) in [7, 11) is -1.50. The summed E-state index contributed by atoms with van der Waals surface area (Å²) < 4.78 is 0. The molecule has 1 saturated heterocycles. The predicted octanol–water partition coefficient (Wildman–Crippen LogP) is 1.53. The van der Waals surface area contributed by atoms with Crippen molar-refractivity contribution in [2.75, 3.05) is 6.54 Å². The maximum absolute atomic E-state index is 13.1. The first-order valence-corrected chi connectivity index (χ1v) is 9.62. The van der Waals surface area contributed by atoms with Gasteiger partial charge in [0.15, 0.2) is 0 Å². The molecule has 2 bridgehead atoms. The van der Waals surface area contributed by atoms with Gasteiger partial charge in [0.2, 0.25) is 5.91 Å². The standard InChI is InChI=1S/C17H30BClN2O3/c1-11-6-12-8-16(2,19)10-17(7-11,9-12)14(20)15(22)21-5-3-4-13(21)18(23)24/h11-14,23-24H,3-10,20H2,1-2H3. The topological polar surface area (TPSA) is 86.8 Å². The van der Waals surface area contributed by atoms with Crippen LogP contribution < -0.4 is 5.73 Å². The molecule has 0 aromatic carbocycles. The molecule has 6 atom stereocenters. The number of nitrogens with zero attached hydrogens (tertiary/aromatic N) is 1. The zero-order chi connectivity index (χ0) is 17.7. The summed E-state index contributed by atoms with van der Waals surface area (Å²) in [6, 6.07) is -0.611. The van der Waals surface area contributed by atoms with Crippen LogP contribution in [0.4, 0.5) is 0 Å². The van der Waals surface area contributed by atoms with Crippen LogP contribution in [0.1, 0.15) is 58.8 Å². The highest BCUT2D eigenvalue weighted by Gasteiger charge is 2.55. The number of likely N-dealkylation sites (tertiary alicyclic amines) is 1. The third-order valence-corrected chi connectivity index (χ3v) is 6.76. The molecule has 136 valence electrons. The number of hydrogen-bond acceptors (Lipinski definition) is 4. The maximum atomic E-state index is 13.1. The summed E-state index contributed by atoms with van der Waals surface area (Å²) in [4.78, 5) is 14.4. The van der Waals surface area contributed by atoms with Gasteiger partial charge in [0.05, 0.1) is 12.0 Å². The highest BCUT2D eigenvalue weighted by Crippen LogP contribution is 2.57. The fourth-order valence-corrected chi connectivity index (χ4v) is 6.46. The van der Waals surface area contributed by atoms with Gasteiger partial charge in [-0.15, -0.1) is 11.6 Å². The van der Waals surface area contributed by atoms with E-state index in [1.165, 1.54) is 0 Å². The fourth-order valence-electron chi connectivity index (χ4n) is 5.98. The Bertz CT molecular complexity index is 500. The van der Waals surface area contributed by atoms with Gasteiger partial charge >= 0.3 is 7.12 Å². The number of halogens is 1. The molecule has 5 nitrogen and oxygen atoms in total. The molecule has 2 aliphatic carbocycles. The minimum Gasteiger partial charge on any atom is -0.426 e. The van der Waals surface area contributed by atoms with Crippen molar-refractivity contribution in [1.82, 2.24) is 4.90 Å². The Labute approximate surface area is 150 Å². The van der Waals surface area contributed by atoms with Gasteiger partial charge in [0.25, 0.3) is 0 Å². The molecule has 3 rings (SSSR count). The van der Waals surface area contributed by atoms with Crippen molar-refractivity contribution in [3.63, 3.8) is 0 Å². The van der Waals surface area contributed by atoms with Gasteiger partial charge in [-0.05, 0) is 69.1 Å². The summed E-state index contributed by atoms with van der Waals surface area (Å²) in [6.07, 6.45) is 6.21. The predicted molar refractivity (Wildman–Crippen MR) is 95.3 cm³/mol. The minimum absolute atomic E-state index is 0.132. The first-order valence-electron chi connectivity index (χ1n) is 9.25. The molecule has 24 heavy (non-hydrogen) atoms. The van der Waals surface area contributed by atoms with E-state index >= 15 is 0 Å². The number of fused-ring (bicyclic) bond motifs is 2. The highest BCUT2D eigenvalue weighted by atomic mass is 35.5. The van der Waals surface area contributed by atoms with Gasteiger partial charge in [0, 0.05) is 11.4 Å². The summed E-state index contributed by atoms with van der Waals surface area (Å²) in [5.74, 6) is 0.422. The van der Waals surface area contributed by atoms with Crippen LogP contribution in [0.3, 0.4) is 0 Å². The molecule has 6 unspecified atom stereocenters. The van der Waals surface area contributed by atoms with Crippen molar-refractivity contribution < 1.29 is 14.8 Å². The number of alkyl halides is 1. The second-order valence-electron chi connectivity index (χ2n) is 8.90. The van der Waals surface area contributed by atoms with Crippen molar-refractivity contribution in [3.8, 4) is 0 Å². The Hall–Kier alpha value is -0.295. The molecule has 2 saturated carbocycles. The number of hydrogen-bond donors (Lipinski definition) is 3. The number of amides is 1. The van der Waals surface area contributed by atoms with E-state index in [2.05, 4.69) is 13.8 Å². The second kappa shape index (κ2) is 6.46. The second-order valence-corrected chi connectivity index (χ2v) is 9.82. The lowest BCUT2D eigenvalue weighted by Crippen LogP contribution is -2.61. The monoisotopic (exact) mass is 356 g/mol. The average Bonchev–Trinajstić information content (AvgIpc) is 2.92. The van der Waals surface area contributed by atoms with Gasteiger partial charge in [-0.3, -0.25) is 4.79 Å². The fraction of sp³-hybridized carbons (Fsp3) is 0.941. The number of carbonyl (C=O) groups is 1. The molecular weight excluding hydrogens is 326 g/mol. The van der Waals surface area contributed by atoms with Gasteiger partial charge in [0.1, 0.15) is 0 Å². The molecule has 0 spiro atoms. The molecular formula is C17H30BClN2O3. The molecule has 1 aliphatic heterocycles. The molecule has 3 fully saturated rings. The SMILES string of the molecule is CC1CC2CC(C)(Cl)CC(C(N)C(=O)N3CCCC3B(O)O)(C1)C2. The quantitative estimate of drug-likeness (QED) is 0.529. The lowest BCUT2D eigenvalue weighted by molar-refractivity contribution is -0.139. The molecule has 3 aliphatic rings. The normalized spacial score (nSPS) is 43.6.